The van der Waals surface area contributed by atoms with Crippen molar-refractivity contribution in [3.05, 3.63) is 29.6 Å². The topological polar surface area (TPSA) is 18.5 Å². The van der Waals surface area contributed by atoms with E-state index in [-0.39, 0.29) is 5.82 Å². The molecule has 0 aliphatic carbocycles. The van der Waals surface area contributed by atoms with Crippen LogP contribution in [-0.2, 0) is 11.3 Å². The minimum absolute atomic E-state index is 0.309. The molecule has 4 heteroatoms. The van der Waals surface area contributed by atoms with E-state index >= 15 is 0 Å². The molecule has 15 heavy (non-hydrogen) atoms. The second-order valence-electron chi connectivity index (χ2n) is 3.05. The zero-order chi connectivity index (χ0) is 11.1. The van der Waals surface area contributed by atoms with Crippen molar-refractivity contribution in [1.82, 2.24) is 0 Å². The van der Waals surface area contributed by atoms with E-state index in [1.807, 2.05) is 0 Å². The Morgan fingerprint density at radius 2 is 2.20 bits per heavy atom. The van der Waals surface area contributed by atoms with Crippen LogP contribution in [0.25, 0.3) is 0 Å². The van der Waals surface area contributed by atoms with E-state index in [1.54, 1.807) is 6.07 Å². The Morgan fingerprint density at radius 1 is 1.40 bits per heavy atom. The van der Waals surface area contributed by atoms with Gasteiger partial charge in [-0.15, -0.1) is 11.6 Å². The SMILES string of the molecule is COc1cc(F)ccc1COCCCCl. The van der Waals surface area contributed by atoms with E-state index in [0.29, 0.717) is 24.8 Å². The van der Waals surface area contributed by atoms with Crippen molar-refractivity contribution >= 4 is 11.6 Å². The van der Waals surface area contributed by atoms with Crippen molar-refractivity contribution in [2.45, 2.75) is 13.0 Å². The van der Waals surface area contributed by atoms with Crippen LogP contribution in [0.15, 0.2) is 18.2 Å². The summed E-state index contributed by atoms with van der Waals surface area (Å²) in [7, 11) is 1.51. The van der Waals surface area contributed by atoms with Crippen LogP contribution >= 0.6 is 11.6 Å². The first-order valence-corrected chi connectivity index (χ1v) is 5.27. The molecule has 0 aliphatic rings. The highest BCUT2D eigenvalue weighted by molar-refractivity contribution is 6.17. The van der Waals surface area contributed by atoms with Gasteiger partial charge in [0.15, 0.2) is 0 Å². The van der Waals surface area contributed by atoms with E-state index in [9.17, 15) is 4.39 Å². The van der Waals surface area contributed by atoms with E-state index in [2.05, 4.69) is 0 Å². The number of alkyl halides is 1. The van der Waals surface area contributed by atoms with E-state index < -0.39 is 0 Å². The number of methoxy groups -OCH3 is 1. The monoisotopic (exact) mass is 232 g/mol. The molecule has 0 saturated carbocycles. The second kappa shape index (κ2) is 6.64. The molecule has 0 heterocycles. The van der Waals surface area contributed by atoms with Crippen LogP contribution < -0.4 is 4.74 Å². The van der Waals surface area contributed by atoms with Crippen LogP contribution in [0.4, 0.5) is 4.39 Å². The average Bonchev–Trinajstić information content (AvgIpc) is 2.26. The molecule has 0 radical (unpaired) electrons. The van der Waals surface area contributed by atoms with Crippen molar-refractivity contribution in [1.29, 1.82) is 0 Å². The molecule has 0 aromatic heterocycles. The van der Waals surface area contributed by atoms with Gasteiger partial charge in [0.25, 0.3) is 0 Å². The third-order valence-corrected chi connectivity index (χ3v) is 2.20. The predicted octanol–water partition coefficient (Wildman–Crippen LogP) is 2.98. The van der Waals surface area contributed by atoms with Crippen LogP contribution in [0, 0.1) is 5.82 Å². The first-order valence-electron chi connectivity index (χ1n) is 4.74. The molecular formula is C11H14ClFO2. The first-order chi connectivity index (χ1) is 7.27. The molecule has 1 aromatic rings. The molecule has 0 saturated heterocycles. The predicted molar refractivity (Wildman–Crippen MR) is 57.9 cm³/mol. The lowest BCUT2D eigenvalue weighted by Gasteiger charge is -2.08. The standard InChI is InChI=1S/C11H14ClFO2/c1-14-11-7-10(13)4-3-9(11)8-15-6-2-5-12/h3-4,7H,2,5-6,8H2,1H3. The minimum atomic E-state index is -0.309. The van der Waals surface area contributed by atoms with Gasteiger partial charge in [-0.3, -0.25) is 0 Å². The molecule has 0 aliphatic heterocycles. The summed E-state index contributed by atoms with van der Waals surface area (Å²) in [4.78, 5) is 0. The van der Waals surface area contributed by atoms with Gasteiger partial charge in [-0.05, 0) is 12.5 Å². The molecule has 1 rings (SSSR count). The number of hydrogen-bond donors (Lipinski definition) is 0. The summed E-state index contributed by atoms with van der Waals surface area (Å²) in [6, 6.07) is 4.40. The van der Waals surface area contributed by atoms with Gasteiger partial charge < -0.3 is 9.47 Å². The molecule has 0 fully saturated rings. The summed E-state index contributed by atoms with van der Waals surface area (Å²) in [6.45, 7) is 1.02. The molecule has 0 unspecified atom stereocenters. The summed E-state index contributed by atoms with van der Waals surface area (Å²) < 4.78 is 23.2. The maximum atomic E-state index is 12.8. The zero-order valence-electron chi connectivity index (χ0n) is 8.63. The number of halogens is 2. The highest BCUT2D eigenvalue weighted by Gasteiger charge is 2.04. The molecule has 1 aromatic carbocycles. The van der Waals surface area contributed by atoms with E-state index in [1.165, 1.54) is 19.2 Å². The van der Waals surface area contributed by atoms with Gasteiger partial charge in [-0.1, -0.05) is 6.07 Å². The Bertz CT molecular complexity index is 305. The fourth-order valence-electron chi connectivity index (χ4n) is 1.18. The van der Waals surface area contributed by atoms with Gasteiger partial charge in [0, 0.05) is 24.1 Å². The van der Waals surface area contributed by atoms with Gasteiger partial charge in [0.05, 0.1) is 13.7 Å². The Morgan fingerprint density at radius 3 is 2.87 bits per heavy atom. The lowest BCUT2D eigenvalue weighted by atomic mass is 10.2. The molecular weight excluding hydrogens is 219 g/mol. The molecule has 84 valence electrons. The Kier molecular flexibility index (Phi) is 5.43. The maximum absolute atomic E-state index is 12.8. The van der Waals surface area contributed by atoms with Crippen molar-refractivity contribution in [2.75, 3.05) is 19.6 Å². The van der Waals surface area contributed by atoms with Gasteiger partial charge in [-0.25, -0.2) is 4.39 Å². The first kappa shape index (κ1) is 12.3. The van der Waals surface area contributed by atoms with Gasteiger partial charge in [0.1, 0.15) is 11.6 Å². The maximum Gasteiger partial charge on any atom is 0.127 e. The second-order valence-corrected chi connectivity index (χ2v) is 3.43. The third kappa shape index (κ3) is 4.06. The number of ether oxygens (including phenoxy) is 2. The number of hydrogen-bond acceptors (Lipinski definition) is 2. The van der Waals surface area contributed by atoms with Crippen molar-refractivity contribution in [3.8, 4) is 5.75 Å². The summed E-state index contributed by atoms with van der Waals surface area (Å²) in [5.74, 6) is 0.790. The van der Waals surface area contributed by atoms with Crippen molar-refractivity contribution in [2.24, 2.45) is 0 Å². The molecule has 2 nitrogen and oxygen atoms in total. The van der Waals surface area contributed by atoms with Crippen LogP contribution in [0.3, 0.4) is 0 Å². The lowest BCUT2D eigenvalue weighted by Crippen LogP contribution is -1.99. The van der Waals surface area contributed by atoms with Crippen LogP contribution in [0.1, 0.15) is 12.0 Å². The smallest absolute Gasteiger partial charge is 0.127 e. The van der Waals surface area contributed by atoms with Crippen LogP contribution in [0.5, 0.6) is 5.75 Å². The molecule has 0 bridgehead atoms. The fraction of sp³-hybridized carbons (Fsp3) is 0.455. The normalized spacial score (nSPS) is 10.3. The van der Waals surface area contributed by atoms with Crippen molar-refractivity contribution < 1.29 is 13.9 Å². The molecule has 0 N–H and O–H groups in total. The lowest BCUT2D eigenvalue weighted by molar-refractivity contribution is 0.120. The molecule has 0 spiro atoms. The van der Waals surface area contributed by atoms with E-state index in [0.717, 1.165) is 12.0 Å². The number of rotatable bonds is 6. The average molecular weight is 233 g/mol. The largest absolute Gasteiger partial charge is 0.496 e. The third-order valence-electron chi connectivity index (χ3n) is 1.93. The summed E-state index contributed by atoms with van der Waals surface area (Å²) in [5, 5.41) is 0. The summed E-state index contributed by atoms with van der Waals surface area (Å²) in [5.41, 5.74) is 0.841. The minimum Gasteiger partial charge on any atom is -0.496 e. The Hall–Kier alpha value is -0.800. The summed E-state index contributed by atoms with van der Waals surface area (Å²) in [6.07, 6.45) is 0.811. The number of benzene rings is 1. The van der Waals surface area contributed by atoms with E-state index in [4.69, 9.17) is 21.1 Å². The van der Waals surface area contributed by atoms with Gasteiger partial charge in [0.2, 0.25) is 0 Å². The Balaban J connectivity index is 2.52. The van der Waals surface area contributed by atoms with Crippen LogP contribution in [0.2, 0.25) is 0 Å². The highest BCUT2D eigenvalue weighted by atomic mass is 35.5. The fourth-order valence-corrected chi connectivity index (χ4v) is 1.29. The quantitative estimate of drug-likeness (QED) is 0.555. The molecule has 0 atom stereocenters. The van der Waals surface area contributed by atoms with Gasteiger partial charge in [-0.2, -0.15) is 0 Å². The van der Waals surface area contributed by atoms with Crippen molar-refractivity contribution in [3.63, 3.8) is 0 Å². The Labute approximate surface area is 94.0 Å². The summed E-state index contributed by atoms with van der Waals surface area (Å²) >= 11 is 5.51. The van der Waals surface area contributed by atoms with Gasteiger partial charge >= 0.3 is 0 Å². The zero-order valence-corrected chi connectivity index (χ0v) is 9.39. The molecule has 0 amide bonds. The highest BCUT2D eigenvalue weighted by Crippen LogP contribution is 2.20. The van der Waals surface area contributed by atoms with Crippen LogP contribution in [-0.4, -0.2) is 19.6 Å².